The second-order valence-electron chi connectivity index (χ2n) is 4.54. The Hall–Kier alpha value is -2.00. The number of aryl methyl sites for hydroxylation is 1. The fraction of sp³-hybridized carbons (Fsp3) is 0.250. The fourth-order valence-electron chi connectivity index (χ4n) is 1.99. The Labute approximate surface area is 114 Å². The minimum Gasteiger partial charge on any atom is -0.392 e. The second-order valence-corrected chi connectivity index (χ2v) is 4.54. The summed E-state index contributed by atoms with van der Waals surface area (Å²) in [4.78, 5) is 0. The summed E-state index contributed by atoms with van der Waals surface area (Å²) in [6.07, 6.45) is 0. The Kier molecular flexibility index (Phi) is 4.81. The first-order valence-electron chi connectivity index (χ1n) is 6.53. The van der Waals surface area contributed by atoms with Crippen LogP contribution in [0, 0.1) is 6.92 Å². The monoisotopic (exact) mass is 256 g/mol. The van der Waals surface area contributed by atoms with Crippen molar-refractivity contribution < 1.29 is 5.11 Å². The molecular formula is C16H20N2O. The van der Waals surface area contributed by atoms with Crippen LogP contribution >= 0.6 is 0 Å². The van der Waals surface area contributed by atoms with Crippen LogP contribution in [0.3, 0.4) is 0 Å². The van der Waals surface area contributed by atoms with Gasteiger partial charge < -0.3 is 15.7 Å². The highest BCUT2D eigenvalue weighted by Gasteiger charge is 1.98. The van der Waals surface area contributed by atoms with Crippen molar-refractivity contribution in [3.8, 4) is 0 Å². The summed E-state index contributed by atoms with van der Waals surface area (Å²) in [5.41, 5.74) is 4.31. The van der Waals surface area contributed by atoms with Crippen molar-refractivity contribution >= 4 is 11.4 Å². The standard InChI is InChI=1S/C16H20N2O/c1-13-5-4-7-15(11-13)17-9-10-18-16-8-3-2-6-14(16)12-19/h2-8,11,17-19H,9-10,12H2,1H3. The number of nitrogens with one attached hydrogen (secondary N) is 2. The van der Waals surface area contributed by atoms with Crippen molar-refractivity contribution in [1.29, 1.82) is 0 Å². The van der Waals surface area contributed by atoms with E-state index >= 15 is 0 Å². The zero-order valence-corrected chi connectivity index (χ0v) is 11.2. The number of rotatable bonds is 6. The average molecular weight is 256 g/mol. The lowest BCUT2D eigenvalue weighted by Gasteiger charge is -2.11. The maximum absolute atomic E-state index is 9.23. The van der Waals surface area contributed by atoms with Crippen LogP contribution in [0.4, 0.5) is 11.4 Å². The molecule has 0 spiro atoms. The van der Waals surface area contributed by atoms with Crippen LogP contribution in [0.15, 0.2) is 48.5 Å². The summed E-state index contributed by atoms with van der Waals surface area (Å²) in [6, 6.07) is 16.1. The van der Waals surface area contributed by atoms with Gasteiger partial charge in [-0.1, -0.05) is 30.3 Å². The van der Waals surface area contributed by atoms with Gasteiger partial charge in [-0.15, -0.1) is 0 Å². The lowest BCUT2D eigenvalue weighted by atomic mass is 10.2. The van der Waals surface area contributed by atoms with E-state index < -0.39 is 0 Å². The highest BCUT2D eigenvalue weighted by Crippen LogP contribution is 2.14. The van der Waals surface area contributed by atoms with Gasteiger partial charge in [-0.05, 0) is 30.7 Å². The molecular weight excluding hydrogens is 236 g/mol. The molecule has 0 amide bonds. The van der Waals surface area contributed by atoms with E-state index in [2.05, 4.69) is 35.8 Å². The Morgan fingerprint density at radius 1 is 0.947 bits per heavy atom. The normalized spacial score (nSPS) is 10.2. The SMILES string of the molecule is Cc1cccc(NCCNc2ccccc2CO)c1. The topological polar surface area (TPSA) is 44.3 Å². The third-order valence-electron chi connectivity index (χ3n) is 2.98. The predicted octanol–water partition coefficient (Wildman–Crippen LogP) is 3.01. The van der Waals surface area contributed by atoms with E-state index in [1.165, 1.54) is 5.56 Å². The number of hydrogen-bond donors (Lipinski definition) is 3. The molecule has 0 saturated carbocycles. The van der Waals surface area contributed by atoms with Crippen LogP contribution in [0.5, 0.6) is 0 Å². The molecule has 2 rings (SSSR count). The van der Waals surface area contributed by atoms with Crippen LogP contribution in [-0.4, -0.2) is 18.2 Å². The molecule has 3 nitrogen and oxygen atoms in total. The lowest BCUT2D eigenvalue weighted by Crippen LogP contribution is -2.14. The maximum Gasteiger partial charge on any atom is 0.0701 e. The van der Waals surface area contributed by atoms with Crippen molar-refractivity contribution in [3.63, 3.8) is 0 Å². The molecule has 19 heavy (non-hydrogen) atoms. The molecule has 0 fully saturated rings. The van der Waals surface area contributed by atoms with E-state index in [0.29, 0.717) is 0 Å². The summed E-state index contributed by atoms with van der Waals surface area (Å²) >= 11 is 0. The van der Waals surface area contributed by atoms with Crippen LogP contribution < -0.4 is 10.6 Å². The molecule has 0 atom stereocenters. The number of aliphatic hydroxyl groups excluding tert-OH is 1. The number of hydrogen-bond acceptors (Lipinski definition) is 3. The molecule has 0 bridgehead atoms. The molecule has 0 heterocycles. The van der Waals surface area contributed by atoms with E-state index in [0.717, 1.165) is 30.0 Å². The van der Waals surface area contributed by atoms with E-state index in [9.17, 15) is 5.11 Å². The van der Waals surface area contributed by atoms with Crippen LogP contribution in [0.25, 0.3) is 0 Å². The lowest BCUT2D eigenvalue weighted by molar-refractivity contribution is 0.282. The van der Waals surface area contributed by atoms with Gasteiger partial charge in [-0.3, -0.25) is 0 Å². The highest BCUT2D eigenvalue weighted by atomic mass is 16.3. The quantitative estimate of drug-likeness (QED) is 0.696. The zero-order valence-electron chi connectivity index (χ0n) is 11.2. The Morgan fingerprint density at radius 2 is 1.74 bits per heavy atom. The van der Waals surface area contributed by atoms with Crippen LogP contribution in [-0.2, 0) is 6.61 Å². The van der Waals surface area contributed by atoms with Crippen molar-refractivity contribution in [1.82, 2.24) is 0 Å². The van der Waals surface area contributed by atoms with Gasteiger partial charge in [-0.25, -0.2) is 0 Å². The number of anilines is 2. The third-order valence-corrected chi connectivity index (χ3v) is 2.98. The summed E-state index contributed by atoms with van der Waals surface area (Å²) in [5, 5.41) is 15.9. The van der Waals surface area contributed by atoms with E-state index in [4.69, 9.17) is 0 Å². The van der Waals surface area contributed by atoms with Gasteiger partial charge in [0.15, 0.2) is 0 Å². The van der Waals surface area contributed by atoms with Gasteiger partial charge in [0.25, 0.3) is 0 Å². The molecule has 3 N–H and O–H groups in total. The van der Waals surface area contributed by atoms with Crippen molar-refractivity contribution in [2.24, 2.45) is 0 Å². The first-order chi connectivity index (χ1) is 9.29. The summed E-state index contributed by atoms with van der Waals surface area (Å²) in [7, 11) is 0. The highest BCUT2D eigenvalue weighted by molar-refractivity contribution is 5.51. The molecule has 2 aromatic carbocycles. The largest absolute Gasteiger partial charge is 0.392 e. The summed E-state index contributed by atoms with van der Waals surface area (Å²) in [5.74, 6) is 0. The first-order valence-corrected chi connectivity index (χ1v) is 6.53. The molecule has 3 heteroatoms. The molecule has 100 valence electrons. The van der Waals surface area contributed by atoms with Crippen molar-refractivity contribution in [3.05, 3.63) is 59.7 Å². The van der Waals surface area contributed by atoms with E-state index in [-0.39, 0.29) is 6.61 Å². The molecule has 0 saturated heterocycles. The summed E-state index contributed by atoms with van der Waals surface area (Å²) in [6.45, 7) is 3.80. The molecule has 0 aliphatic carbocycles. The average Bonchev–Trinajstić information content (AvgIpc) is 2.44. The van der Waals surface area contributed by atoms with Crippen LogP contribution in [0.2, 0.25) is 0 Å². The molecule has 2 aromatic rings. The Morgan fingerprint density at radius 3 is 2.53 bits per heavy atom. The Bertz CT molecular complexity index is 526. The first kappa shape index (κ1) is 13.4. The number of aliphatic hydroxyl groups is 1. The van der Waals surface area contributed by atoms with Gasteiger partial charge in [-0.2, -0.15) is 0 Å². The van der Waals surface area contributed by atoms with Gasteiger partial charge in [0.05, 0.1) is 6.61 Å². The second kappa shape index (κ2) is 6.81. The van der Waals surface area contributed by atoms with Gasteiger partial charge in [0.2, 0.25) is 0 Å². The maximum atomic E-state index is 9.23. The zero-order chi connectivity index (χ0) is 13.5. The minimum atomic E-state index is 0.0640. The predicted molar refractivity (Wildman–Crippen MR) is 80.5 cm³/mol. The van der Waals surface area contributed by atoms with Crippen molar-refractivity contribution in [2.75, 3.05) is 23.7 Å². The smallest absolute Gasteiger partial charge is 0.0701 e. The van der Waals surface area contributed by atoms with E-state index in [1.807, 2.05) is 30.3 Å². The molecule has 0 aliphatic heterocycles. The van der Waals surface area contributed by atoms with Gasteiger partial charge >= 0.3 is 0 Å². The molecule has 0 aliphatic rings. The van der Waals surface area contributed by atoms with E-state index in [1.54, 1.807) is 0 Å². The third kappa shape index (κ3) is 4.00. The van der Waals surface area contributed by atoms with Gasteiger partial charge in [0, 0.05) is 30.0 Å². The molecule has 0 unspecified atom stereocenters. The summed E-state index contributed by atoms with van der Waals surface area (Å²) < 4.78 is 0. The number of benzene rings is 2. The van der Waals surface area contributed by atoms with Gasteiger partial charge in [0.1, 0.15) is 0 Å². The minimum absolute atomic E-state index is 0.0640. The Balaban J connectivity index is 1.81. The number of para-hydroxylation sites is 1. The molecule has 0 radical (unpaired) electrons. The van der Waals surface area contributed by atoms with Crippen molar-refractivity contribution in [2.45, 2.75) is 13.5 Å². The fourth-order valence-corrected chi connectivity index (χ4v) is 1.99. The molecule has 0 aromatic heterocycles. The van der Waals surface area contributed by atoms with Crippen LogP contribution in [0.1, 0.15) is 11.1 Å².